The fourth-order valence-electron chi connectivity index (χ4n) is 5.05. The molecule has 0 amide bonds. The minimum Gasteiger partial charge on any atom is -0.355 e. The molecule has 0 radical (unpaired) electrons. The second kappa shape index (κ2) is 15.4. The molecule has 21 heteroatoms. The van der Waals surface area contributed by atoms with Crippen LogP contribution in [-0.4, -0.2) is 51.5 Å². The van der Waals surface area contributed by atoms with Gasteiger partial charge in [0.25, 0.3) is 30.4 Å². The van der Waals surface area contributed by atoms with E-state index in [0.29, 0.717) is 16.8 Å². The summed E-state index contributed by atoms with van der Waals surface area (Å²) in [6, 6.07) is 28.3. The number of para-hydroxylation sites is 1. The zero-order valence-corrected chi connectivity index (χ0v) is 29.7. The molecule has 0 atom stereocenters. The normalized spacial score (nSPS) is 12.2. The van der Waals surface area contributed by atoms with Gasteiger partial charge in [0, 0.05) is 32.9 Å². The van der Waals surface area contributed by atoms with Gasteiger partial charge in [-0.15, -0.1) is 33.1 Å². The summed E-state index contributed by atoms with van der Waals surface area (Å²) in [4.78, 5) is -1.30. The van der Waals surface area contributed by atoms with E-state index in [1.54, 1.807) is 42.5 Å². The number of nitrogens with zero attached hydrogens (tertiary/aromatic N) is 4. The topological polar surface area (TPSA) is 276 Å². The van der Waals surface area contributed by atoms with Crippen molar-refractivity contribution >= 4 is 96.6 Å². The molecule has 0 fully saturated rings. The van der Waals surface area contributed by atoms with E-state index in [2.05, 4.69) is 25.8 Å². The second-order valence-electron chi connectivity index (χ2n) is 10.6. The number of anilines is 2. The molecular formula is C32H23N5O12S4. The average molecular weight is 798 g/mol. The number of rotatable bonds is 9. The third-order valence-corrected chi connectivity index (χ3v) is 9.87. The van der Waals surface area contributed by atoms with E-state index in [1.807, 2.05) is 6.07 Å². The number of azo groups is 2. The first-order valence-electron chi connectivity index (χ1n) is 14.5. The van der Waals surface area contributed by atoms with Crippen LogP contribution < -0.4 is 5.32 Å². The first-order chi connectivity index (χ1) is 24.9. The molecular weight excluding hydrogens is 775 g/mol. The summed E-state index contributed by atoms with van der Waals surface area (Å²) < 4.78 is 127. The van der Waals surface area contributed by atoms with Crippen LogP contribution in [0, 0.1) is 0 Å². The van der Waals surface area contributed by atoms with Gasteiger partial charge in [0.2, 0.25) is 0 Å². The third-order valence-electron chi connectivity index (χ3n) is 7.22. The highest BCUT2D eigenvalue weighted by atomic mass is 32.2. The molecule has 17 nitrogen and oxygen atoms in total. The van der Waals surface area contributed by atoms with Crippen molar-refractivity contribution in [1.29, 1.82) is 0 Å². The minimum absolute atomic E-state index is 0.114. The van der Waals surface area contributed by atoms with Gasteiger partial charge < -0.3 is 5.32 Å². The Hall–Kier alpha value is -5.81. The lowest BCUT2D eigenvalue weighted by Crippen LogP contribution is -2.01. The molecule has 0 saturated carbocycles. The molecule has 0 spiro atoms. The molecule has 0 aliphatic heterocycles. The smallest absolute Gasteiger partial charge is 0.355 e. The van der Waals surface area contributed by atoms with Crippen LogP contribution in [0.25, 0.3) is 21.5 Å². The Morgan fingerprint density at radius 3 is 1.58 bits per heavy atom. The summed E-state index contributed by atoms with van der Waals surface area (Å²) in [7, 11) is -17.1. The molecule has 53 heavy (non-hydrogen) atoms. The van der Waals surface area contributed by atoms with Crippen molar-refractivity contribution in [3.05, 3.63) is 115 Å². The molecule has 0 heterocycles. The zero-order chi connectivity index (χ0) is 38.6. The van der Waals surface area contributed by atoms with Crippen molar-refractivity contribution in [2.24, 2.45) is 20.5 Å². The standard InChI is InChI=1S/C32H23N5O9S3.O3S/c38-47(39,40)21-13-14-22-24(19-21)27(16-15-25(22)34-37-28-10-4-5-11-30(28)48(41,42)43)36-35-26-17-18-29(33-20-7-2-1-3-8-20)32-23(26)9-6-12-31(32)49(44,45)46;1-4(2)3/h1-19,33H,(H,38,39,40)(H,41,42,43)(H,44,45,46);. The van der Waals surface area contributed by atoms with Crippen LogP contribution in [-0.2, 0) is 41.0 Å². The third kappa shape index (κ3) is 9.36. The van der Waals surface area contributed by atoms with Gasteiger partial charge in [0.1, 0.15) is 15.5 Å². The maximum atomic E-state index is 12.4. The van der Waals surface area contributed by atoms with Crippen LogP contribution in [0.1, 0.15) is 0 Å². The van der Waals surface area contributed by atoms with Gasteiger partial charge in [-0.2, -0.15) is 25.3 Å². The molecule has 6 aromatic rings. The van der Waals surface area contributed by atoms with Crippen LogP contribution in [0.15, 0.2) is 150 Å². The van der Waals surface area contributed by atoms with Crippen LogP contribution in [0.4, 0.5) is 34.1 Å². The lowest BCUT2D eigenvalue weighted by molar-refractivity contribution is 0.481. The van der Waals surface area contributed by atoms with E-state index in [0.717, 1.165) is 18.2 Å². The Morgan fingerprint density at radius 1 is 0.472 bits per heavy atom. The number of hydrogen-bond donors (Lipinski definition) is 4. The van der Waals surface area contributed by atoms with E-state index in [-0.39, 0.29) is 43.8 Å². The Balaban J connectivity index is 0.00000129. The Morgan fingerprint density at radius 2 is 0.981 bits per heavy atom. The van der Waals surface area contributed by atoms with Crippen molar-refractivity contribution in [3.8, 4) is 0 Å². The molecule has 0 saturated heterocycles. The monoisotopic (exact) mass is 797 g/mol. The van der Waals surface area contributed by atoms with Crippen molar-refractivity contribution in [2.75, 3.05) is 5.32 Å². The Kier molecular flexibility index (Phi) is 11.2. The summed E-state index contributed by atoms with van der Waals surface area (Å²) in [6.45, 7) is 0. The number of benzene rings is 6. The van der Waals surface area contributed by atoms with E-state index in [9.17, 15) is 38.9 Å². The van der Waals surface area contributed by atoms with Crippen LogP contribution >= 0.6 is 0 Å². The Labute approximate surface area is 302 Å². The molecule has 0 unspecified atom stereocenters. The highest BCUT2D eigenvalue weighted by Crippen LogP contribution is 2.40. The number of nitrogens with one attached hydrogen (secondary N) is 1. The van der Waals surface area contributed by atoms with Crippen LogP contribution in [0.5, 0.6) is 0 Å². The van der Waals surface area contributed by atoms with E-state index < -0.39 is 50.8 Å². The molecule has 272 valence electrons. The first-order valence-corrected chi connectivity index (χ1v) is 19.8. The fraction of sp³-hybridized carbons (Fsp3) is 0. The van der Waals surface area contributed by atoms with Gasteiger partial charge >= 0.3 is 10.6 Å². The summed E-state index contributed by atoms with van der Waals surface area (Å²) >= 11 is 0. The summed E-state index contributed by atoms with van der Waals surface area (Å²) in [5, 5.41) is 20.8. The molecule has 6 aromatic carbocycles. The molecule has 4 N–H and O–H groups in total. The summed E-state index contributed by atoms with van der Waals surface area (Å²) in [5.74, 6) is 0. The van der Waals surface area contributed by atoms with Gasteiger partial charge in [-0.3, -0.25) is 13.7 Å². The molecule has 0 aliphatic rings. The van der Waals surface area contributed by atoms with Crippen LogP contribution in [0.2, 0.25) is 0 Å². The number of hydrogen-bond acceptors (Lipinski definition) is 14. The molecule has 0 aromatic heterocycles. The van der Waals surface area contributed by atoms with Gasteiger partial charge in [0.15, 0.2) is 0 Å². The number of fused-ring (bicyclic) bond motifs is 2. The Bertz CT molecular complexity index is 2900. The van der Waals surface area contributed by atoms with E-state index in [4.69, 9.17) is 12.6 Å². The summed E-state index contributed by atoms with van der Waals surface area (Å²) in [5.41, 5.74) is 1.33. The SMILES string of the molecule is O=S(=O)(O)c1ccc2c(N=Nc3ccccc3S(=O)(=O)O)ccc(N=Nc3ccc(Nc4ccccc4)c4c(S(=O)(=O)O)cccc34)c2c1.O=S(=O)=O. The average Bonchev–Trinajstić information content (AvgIpc) is 3.09. The van der Waals surface area contributed by atoms with Gasteiger partial charge in [-0.05, 0) is 66.7 Å². The zero-order valence-electron chi connectivity index (χ0n) is 26.4. The molecule has 0 aliphatic carbocycles. The molecule has 0 bridgehead atoms. The van der Waals surface area contributed by atoms with E-state index >= 15 is 0 Å². The van der Waals surface area contributed by atoms with Crippen molar-refractivity contribution < 1.29 is 51.5 Å². The predicted octanol–water partition coefficient (Wildman–Crippen LogP) is 7.30. The highest BCUT2D eigenvalue weighted by Gasteiger charge is 2.20. The van der Waals surface area contributed by atoms with Gasteiger partial charge in [-0.1, -0.05) is 48.5 Å². The fourth-order valence-corrected chi connectivity index (χ4v) is 6.90. The minimum atomic E-state index is -4.68. The van der Waals surface area contributed by atoms with Gasteiger partial charge in [-0.25, -0.2) is 0 Å². The maximum Gasteiger partial charge on any atom is 0.425 e. The quantitative estimate of drug-likeness (QED) is 0.0826. The largest absolute Gasteiger partial charge is 0.425 e. The predicted molar refractivity (Wildman–Crippen MR) is 192 cm³/mol. The molecule has 6 rings (SSSR count). The van der Waals surface area contributed by atoms with E-state index in [1.165, 1.54) is 48.5 Å². The first kappa shape index (κ1) is 38.4. The van der Waals surface area contributed by atoms with Crippen molar-refractivity contribution in [2.45, 2.75) is 14.7 Å². The van der Waals surface area contributed by atoms with Crippen molar-refractivity contribution in [1.82, 2.24) is 0 Å². The lowest BCUT2D eigenvalue weighted by atomic mass is 10.1. The van der Waals surface area contributed by atoms with Gasteiger partial charge in [0.05, 0.1) is 22.0 Å². The van der Waals surface area contributed by atoms with Crippen LogP contribution in [0.3, 0.4) is 0 Å². The highest BCUT2D eigenvalue weighted by molar-refractivity contribution is 7.86. The lowest BCUT2D eigenvalue weighted by Gasteiger charge is -2.14. The maximum absolute atomic E-state index is 12.4. The van der Waals surface area contributed by atoms with Crippen molar-refractivity contribution in [3.63, 3.8) is 0 Å². The summed E-state index contributed by atoms with van der Waals surface area (Å²) in [6.07, 6.45) is 0. The second-order valence-corrected chi connectivity index (χ2v) is 15.2.